The maximum atomic E-state index is 8.64. The molecule has 0 aliphatic heterocycles. The van der Waals surface area contributed by atoms with Crippen molar-refractivity contribution >= 4 is 11.8 Å². The van der Waals surface area contributed by atoms with Gasteiger partial charge in [0.25, 0.3) is 0 Å². The third-order valence-electron chi connectivity index (χ3n) is 2.59. The molecule has 0 bridgehead atoms. The number of thioether (sulfide) groups is 1. The third-order valence-corrected chi connectivity index (χ3v) is 3.48. The molecule has 0 aliphatic rings. The maximum Gasteiger partial charge on any atom is 0.0431 e. The first-order chi connectivity index (χ1) is 8.36. The molecule has 0 atom stereocenters. The number of nitrogens with one attached hydrogen (secondary N) is 1. The highest BCUT2D eigenvalue weighted by Gasteiger charge is 1.95. The highest BCUT2D eigenvalue weighted by molar-refractivity contribution is 7.99. The van der Waals surface area contributed by atoms with Gasteiger partial charge in [-0.05, 0) is 55.8 Å². The lowest BCUT2D eigenvalue weighted by molar-refractivity contribution is 0.284. The summed E-state index contributed by atoms with van der Waals surface area (Å²) in [6, 6.07) is 8.84. The SMILES string of the molecule is CCSc1ccc(CCNCCCCO)cc1. The van der Waals surface area contributed by atoms with Crippen LogP contribution in [0.15, 0.2) is 29.2 Å². The fourth-order valence-electron chi connectivity index (χ4n) is 1.64. The zero-order valence-electron chi connectivity index (χ0n) is 10.6. The molecular weight excluding hydrogens is 230 g/mol. The average Bonchev–Trinajstić information content (AvgIpc) is 2.36. The summed E-state index contributed by atoms with van der Waals surface area (Å²) in [5, 5.41) is 12.0. The van der Waals surface area contributed by atoms with Crippen LogP contribution in [0.2, 0.25) is 0 Å². The second-order valence-corrected chi connectivity index (χ2v) is 5.35. The fraction of sp³-hybridized carbons (Fsp3) is 0.571. The van der Waals surface area contributed by atoms with Gasteiger partial charge >= 0.3 is 0 Å². The molecule has 96 valence electrons. The summed E-state index contributed by atoms with van der Waals surface area (Å²) in [5.74, 6) is 1.13. The van der Waals surface area contributed by atoms with E-state index in [4.69, 9.17) is 5.11 Å². The van der Waals surface area contributed by atoms with Crippen molar-refractivity contribution in [3.63, 3.8) is 0 Å². The van der Waals surface area contributed by atoms with E-state index in [0.29, 0.717) is 6.61 Å². The zero-order chi connectivity index (χ0) is 12.3. The summed E-state index contributed by atoms with van der Waals surface area (Å²) in [4.78, 5) is 1.35. The molecule has 2 nitrogen and oxygen atoms in total. The number of aliphatic hydroxyl groups is 1. The second-order valence-electron chi connectivity index (χ2n) is 4.01. The molecule has 0 amide bonds. The smallest absolute Gasteiger partial charge is 0.0431 e. The van der Waals surface area contributed by atoms with Crippen LogP contribution < -0.4 is 5.32 Å². The highest BCUT2D eigenvalue weighted by Crippen LogP contribution is 2.17. The van der Waals surface area contributed by atoms with E-state index in [-0.39, 0.29) is 0 Å². The van der Waals surface area contributed by atoms with Gasteiger partial charge in [-0.15, -0.1) is 11.8 Å². The molecular formula is C14H23NOS. The minimum absolute atomic E-state index is 0.304. The molecule has 0 fully saturated rings. The maximum absolute atomic E-state index is 8.64. The highest BCUT2D eigenvalue weighted by atomic mass is 32.2. The van der Waals surface area contributed by atoms with E-state index in [1.54, 1.807) is 0 Å². The van der Waals surface area contributed by atoms with Gasteiger partial charge in [-0.2, -0.15) is 0 Å². The van der Waals surface area contributed by atoms with Crippen LogP contribution >= 0.6 is 11.8 Å². The van der Waals surface area contributed by atoms with Gasteiger partial charge in [0.2, 0.25) is 0 Å². The van der Waals surface area contributed by atoms with Gasteiger partial charge in [-0.1, -0.05) is 19.1 Å². The fourth-order valence-corrected chi connectivity index (χ4v) is 2.30. The number of aliphatic hydroxyl groups excluding tert-OH is 1. The van der Waals surface area contributed by atoms with E-state index in [2.05, 4.69) is 36.5 Å². The van der Waals surface area contributed by atoms with Crippen molar-refractivity contribution in [1.29, 1.82) is 0 Å². The van der Waals surface area contributed by atoms with E-state index in [9.17, 15) is 0 Å². The van der Waals surface area contributed by atoms with Crippen LogP contribution in [-0.2, 0) is 6.42 Å². The van der Waals surface area contributed by atoms with Crippen LogP contribution in [0.4, 0.5) is 0 Å². The molecule has 1 aromatic rings. The Morgan fingerprint density at radius 2 is 1.88 bits per heavy atom. The second kappa shape index (κ2) is 9.51. The Balaban J connectivity index is 2.14. The topological polar surface area (TPSA) is 32.3 Å². The number of rotatable bonds is 9. The number of benzene rings is 1. The van der Waals surface area contributed by atoms with E-state index in [0.717, 1.165) is 38.1 Å². The lowest BCUT2D eigenvalue weighted by Gasteiger charge is -2.05. The Hall–Kier alpha value is -0.510. The van der Waals surface area contributed by atoms with Crippen molar-refractivity contribution in [3.8, 4) is 0 Å². The standard InChI is InChI=1S/C14H23NOS/c1-2-17-14-7-5-13(6-8-14)9-11-15-10-3-4-12-16/h5-8,15-16H,2-4,9-12H2,1H3. The predicted molar refractivity (Wildman–Crippen MR) is 75.7 cm³/mol. The van der Waals surface area contributed by atoms with Crippen LogP contribution in [0.3, 0.4) is 0 Å². The van der Waals surface area contributed by atoms with Gasteiger partial charge < -0.3 is 10.4 Å². The molecule has 1 aromatic carbocycles. The van der Waals surface area contributed by atoms with Crippen LogP contribution in [0.5, 0.6) is 0 Å². The van der Waals surface area contributed by atoms with Gasteiger partial charge in [0.05, 0.1) is 0 Å². The van der Waals surface area contributed by atoms with Crippen LogP contribution in [0.1, 0.15) is 25.3 Å². The van der Waals surface area contributed by atoms with Gasteiger partial charge in [-0.3, -0.25) is 0 Å². The Morgan fingerprint density at radius 3 is 2.53 bits per heavy atom. The Morgan fingerprint density at radius 1 is 1.12 bits per heavy atom. The molecule has 0 radical (unpaired) electrons. The van der Waals surface area contributed by atoms with Gasteiger partial charge in [0.15, 0.2) is 0 Å². The third kappa shape index (κ3) is 6.71. The molecule has 1 rings (SSSR count). The minimum atomic E-state index is 0.304. The van der Waals surface area contributed by atoms with Crippen LogP contribution in [0, 0.1) is 0 Å². The number of unbranched alkanes of at least 4 members (excludes halogenated alkanes) is 1. The first kappa shape index (κ1) is 14.6. The largest absolute Gasteiger partial charge is 0.396 e. The quantitative estimate of drug-likeness (QED) is 0.524. The predicted octanol–water partition coefficient (Wildman–Crippen LogP) is 2.70. The molecule has 0 saturated heterocycles. The van der Waals surface area contributed by atoms with E-state index >= 15 is 0 Å². The Bertz CT molecular complexity index is 287. The van der Waals surface area contributed by atoms with E-state index < -0.39 is 0 Å². The minimum Gasteiger partial charge on any atom is -0.396 e. The summed E-state index contributed by atoms with van der Waals surface area (Å²) in [7, 11) is 0. The van der Waals surface area contributed by atoms with Crippen molar-refractivity contribution in [2.75, 3.05) is 25.4 Å². The van der Waals surface area contributed by atoms with E-state index in [1.807, 2.05) is 11.8 Å². The average molecular weight is 253 g/mol. The summed E-state index contributed by atoms with van der Waals surface area (Å²) in [6.45, 7) is 4.50. The molecule has 0 aliphatic carbocycles. The first-order valence-corrected chi connectivity index (χ1v) is 7.38. The van der Waals surface area contributed by atoms with Crippen molar-refractivity contribution in [1.82, 2.24) is 5.32 Å². The molecule has 2 N–H and O–H groups in total. The van der Waals surface area contributed by atoms with Gasteiger partial charge in [0.1, 0.15) is 0 Å². The molecule has 0 heterocycles. The molecule has 0 aromatic heterocycles. The molecule has 17 heavy (non-hydrogen) atoms. The van der Waals surface area contributed by atoms with Crippen molar-refractivity contribution in [2.24, 2.45) is 0 Å². The number of hydrogen-bond acceptors (Lipinski definition) is 3. The first-order valence-electron chi connectivity index (χ1n) is 6.40. The summed E-state index contributed by atoms with van der Waals surface area (Å²) in [5.41, 5.74) is 1.39. The molecule has 0 unspecified atom stereocenters. The summed E-state index contributed by atoms with van der Waals surface area (Å²) in [6.07, 6.45) is 3.04. The van der Waals surface area contributed by atoms with E-state index in [1.165, 1.54) is 10.5 Å². The molecule has 0 saturated carbocycles. The Labute approximate surface area is 109 Å². The van der Waals surface area contributed by atoms with Gasteiger partial charge in [0, 0.05) is 11.5 Å². The van der Waals surface area contributed by atoms with Crippen molar-refractivity contribution < 1.29 is 5.11 Å². The zero-order valence-corrected chi connectivity index (χ0v) is 11.4. The lowest BCUT2D eigenvalue weighted by atomic mass is 10.1. The van der Waals surface area contributed by atoms with Crippen LogP contribution in [-0.4, -0.2) is 30.6 Å². The monoisotopic (exact) mass is 253 g/mol. The Kier molecular flexibility index (Phi) is 8.14. The molecule has 3 heteroatoms. The molecule has 0 spiro atoms. The van der Waals surface area contributed by atoms with Gasteiger partial charge in [-0.25, -0.2) is 0 Å². The summed E-state index contributed by atoms with van der Waals surface area (Å²) >= 11 is 1.88. The normalized spacial score (nSPS) is 10.7. The summed E-state index contributed by atoms with van der Waals surface area (Å²) < 4.78 is 0. The van der Waals surface area contributed by atoms with Crippen molar-refractivity contribution in [3.05, 3.63) is 29.8 Å². The van der Waals surface area contributed by atoms with Crippen molar-refractivity contribution in [2.45, 2.75) is 31.1 Å². The lowest BCUT2D eigenvalue weighted by Crippen LogP contribution is -2.18. The number of hydrogen-bond donors (Lipinski definition) is 2. The van der Waals surface area contributed by atoms with Crippen LogP contribution in [0.25, 0.3) is 0 Å².